The zero-order valence-corrected chi connectivity index (χ0v) is 17.0. The quantitative estimate of drug-likeness (QED) is 0.717. The summed E-state index contributed by atoms with van der Waals surface area (Å²) in [5.41, 5.74) is -0.916. The van der Waals surface area contributed by atoms with Crippen LogP contribution in [0.25, 0.3) is 0 Å². The van der Waals surface area contributed by atoms with Gasteiger partial charge in [0.15, 0.2) is 0 Å². The molecule has 3 atom stereocenters. The second-order valence-corrected chi connectivity index (χ2v) is 9.03. The van der Waals surface area contributed by atoms with Crippen molar-refractivity contribution in [2.45, 2.75) is 44.5 Å². The van der Waals surface area contributed by atoms with Crippen molar-refractivity contribution in [1.29, 1.82) is 0 Å². The second-order valence-electron chi connectivity index (χ2n) is 7.06. The van der Waals surface area contributed by atoms with Gasteiger partial charge in [-0.25, -0.2) is 9.00 Å². The number of carbonyl (C=O) groups excluding carboxylic acids is 1. The zero-order chi connectivity index (χ0) is 20.4. The third-order valence-corrected chi connectivity index (χ3v) is 5.62. The molecule has 1 aliphatic heterocycles. The summed E-state index contributed by atoms with van der Waals surface area (Å²) in [6.07, 6.45) is -3.35. The van der Waals surface area contributed by atoms with Gasteiger partial charge < -0.3 is 4.74 Å². The number of ether oxygens (including phenoxy) is 1. The zero-order valence-electron chi connectivity index (χ0n) is 15.4. The van der Waals surface area contributed by atoms with Crippen molar-refractivity contribution >= 4 is 29.1 Å². The molecule has 0 radical (unpaired) electrons. The van der Waals surface area contributed by atoms with Gasteiger partial charge in [0, 0.05) is 11.7 Å². The molecule has 5 nitrogen and oxygen atoms in total. The van der Waals surface area contributed by atoms with Gasteiger partial charge >= 0.3 is 12.3 Å². The lowest BCUT2D eigenvalue weighted by atomic mass is 9.92. The van der Waals surface area contributed by atoms with Crippen LogP contribution < -0.4 is 0 Å². The minimum Gasteiger partial charge on any atom is -0.443 e. The summed E-state index contributed by atoms with van der Waals surface area (Å²) in [5, 5.41) is 0. The smallest absolute Gasteiger partial charge is 0.424 e. The van der Waals surface area contributed by atoms with Crippen LogP contribution in [0.1, 0.15) is 37.8 Å². The van der Waals surface area contributed by atoms with Crippen LogP contribution in [0.15, 0.2) is 24.3 Å². The van der Waals surface area contributed by atoms with Gasteiger partial charge in [0.05, 0.1) is 18.2 Å². The van der Waals surface area contributed by atoms with Gasteiger partial charge in [-0.3, -0.25) is 4.18 Å². The van der Waals surface area contributed by atoms with Gasteiger partial charge in [0.25, 0.3) is 11.3 Å². The van der Waals surface area contributed by atoms with Crippen molar-refractivity contribution in [2.75, 3.05) is 18.6 Å². The van der Waals surface area contributed by atoms with E-state index in [1.54, 1.807) is 20.8 Å². The standard InChI is InChI=1S/C17H22F3NO4S2/c1-16(2,3)25-15(22)21-14(9-24-27(21)23)13(10-26-4)11-5-7-12(8-6-11)17(18,19)20/h5-8,13-14H,9-10H2,1-4H3/t13-,14+,27?/m1/s1. The highest BCUT2D eigenvalue weighted by Crippen LogP contribution is 2.35. The van der Waals surface area contributed by atoms with E-state index < -0.39 is 40.7 Å². The molecule has 0 bridgehead atoms. The molecule has 0 saturated carbocycles. The average molecular weight is 425 g/mol. The van der Waals surface area contributed by atoms with Crippen LogP contribution in [0.4, 0.5) is 18.0 Å². The molecule has 0 aliphatic carbocycles. The lowest BCUT2D eigenvalue weighted by Crippen LogP contribution is -2.44. The van der Waals surface area contributed by atoms with Crippen molar-refractivity contribution in [1.82, 2.24) is 4.31 Å². The Balaban J connectivity index is 2.31. The molecule has 0 N–H and O–H groups in total. The molecule has 1 aromatic rings. The van der Waals surface area contributed by atoms with Crippen LogP contribution in [-0.4, -0.2) is 44.9 Å². The van der Waals surface area contributed by atoms with E-state index in [2.05, 4.69) is 0 Å². The number of thioether (sulfide) groups is 1. The topological polar surface area (TPSA) is 55.8 Å². The highest BCUT2D eigenvalue weighted by molar-refractivity contribution is 7.98. The molecule has 0 aromatic heterocycles. The van der Waals surface area contributed by atoms with Crippen molar-refractivity contribution in [3.8, 4) is 0 Å². The van der Waals surface area contributed by atoms with Crippen LogP contribution >= 0.6 is 11.8 Å². The normalized spacial score (nSPS) is 22.0. The fourth-order valence-corrected chi connectivity index (χ4v) is 4.40. The lowest BCUT2D eigenvalue weighted by molar-refractivity contribution is -0.137. The third-order valence-electron chi connectivity index (χ3n) is 3.85. The molecule has 1 amide bonds. The van der Waals surface area contributed by atoms with E-state index in [-0.39, 0.29) is 12.5 Å². The second kappa shape index (κ2) is 8.40. The Morgan fingerprint density at radius 3 is 2.41 bits per heavy atom. The van der Waals surface area contributed by atoms with E-state index in [0.717, 1.165) is 16.4 Å². The fourth-order valence-electron chi connectivity index (χ4n) is 2.67. The van der Waals surface area contributed by atoms with Crippen LogP contribution in [0.5, 0.6) is 0 Å². The largest absolute Gasteiger partial charge is 0.443 e. The highest BCUT2D eigenvalue weighted by Gasteiger charge is 2.44. The Hall–Kier alpha value is -1.26. The van der Waals surface area contributed by atoms with E-state index in [1.807, 2.05) is 6.26 Å². The maximum atomic E-state index is 12.8. The van der Waals surface area contributed by atoms with E-state index in [0.29, 0.717) is 11.3 Å². The van der Waals surface area contributed by atoms with Gasteiger partial charge in [-0.15, -0.1) is 0 Å². The predicted molar refractivity (Wildman–Crippen MR) is 98.5 cm³/mol. The summed E-state index contributed by atoms with van der Waals surface area (Å²) >= 11 is -0.529. The Bertz CT molecular complexity index is 689. The Labute approximate surface area is 163 Å². The van der Waals surface area contributed by atoms with Crippen molar-refractivity contribution in [3.05, 3.63) is 35.4 Å². The van der Waals surface area contributed by atoms with Crippen LogP contribution in [-0.2, 0) is 26.4 Å². The van der Waals surface area contributed by atoms with Gasteiger partial charge in [-0.2, -0.15) is 29.2 Å². The first kappa shape index (κ1) is 22.0. The summed E-state index contributed by atoms with van der Waals surface area (Å²) in [7, 11) is 0. The van der Waals surface area contributed by atoms with Gasteiger partial charge in [0.2, 0.25) is 0 Å². The summed E-state index contributed by atoms with van der Waals surface area (Å²) in [5.74, 6) is 0.150. The van der Waals surface area contributed by atoms with E-state index >= 15 is 0 Å². The third kappa shape index (κ3) is 5.61. The summed E-state index contributed by atoms with van der Waals surface area (Å²) in [6.45, 7) is 5.08. The molecule has 10 heteroatoms. The molecule has 27 heavy (non-hydrogen) atoms. The first-order chi connectivity index (χ1) is 12.4. The van der Waals surface area contributed by atoms with Crippen LogP contribution in [0, 0.1) is 0 Å². The SMILES string of the molecule is CSC[C@H](c1ccc(C(F)(F)F)cc1)[C@@H]1COS(=O)N1C(=O)OC(C)(C)C. The number of halogens is 3. The molecule has 1 aromatic carbocycles. The van der Waals surface area contributed by atoms with Gasteiger partial charge in [-0.05, 0) is 44.7 Å². The van der Waals surface area contributed by atoms with E-state index in [1.165, 1.54) is 23.9 Å². The fraction of sp³-hybridized carbons (Fsp3) is 0.588. The lowest BCUT2D eigenvalue weighted by Gasteiger charge is -2.30. The maximum absolute atomic E-state index is 12.8. The maximum Gasteiger partial charge on any atom is 0.424 e. The van der Waals surface area contributed by atoms with E-state index in [4.69, 9.17) is 8.92 Å². The van der Waals surface area contributed by atoms with E-state index in [9.17, 15) is 22.2 Å². The summed E-state index contributed by atoms with van der Waals surface area (Å²) in [4.78, 5) is 12.5. The van der Waals surface area contributed by atoms with Crippen molar-refractivity contribution < 1.29 is 31.1 Å². The van der Waals surface area contributed by atoms with Gasteiger partial charge in [-0.1, -0.05) is 12.1 Å². The van der Waals surface area contributed by atoms with Crippen LogP contribution in [0.3, 0.4) is 0 Å². The Morgan fingerprint density at radius 1 is 1.33 bits per heavy atom. The number of benzene rings is 1. The summed E-state index contributed by atoms with van der Waals surface area (Å²) < 4.78 is 62.1. The molecule has 1 unspecified atom stereocenters. The number of amides is 1. The summed E-state index contributed by atoms with van der Waals surface area (Å²) in [6, 6.07) is 4.18. The van der Waals surface area contributed by atoms with Crippen molar-refractivity contribution in [2.24, 2.45) is 0 Å². The molecule has 1 aliphatic rings. The Kier molecular flexibility index (Phi) is 6.86. The number of hydrogen-bond donors (Lipinski definition) is 0. The monoisotopic (exact) mass is 425 g/mol. The average Bonchev–Trinajstić information content (AvgIpc) is 2.92. The molecule has 1 saturated heterocycles. The molecular weight excluding hydrogens is 403 g/mol. The predicted octanol–water partition coefficient (Wildman–Crippen LogP) is 4.37. The molecule has 152 valence electrons. The molecule has 0 spiro atoms. The van der Waals surface area contributed by atoms with Crippen molar-refractivity contribution in [3.63, 3.8) is 0 Å². The Morgan fingerprint density at radius 2 is 1.93 bits per heavy atom. The number of hydrogen-bond acceptors (Lipinski definition) is 5. The molecule has 1 heterocycles. The van der Waals surface area contributed by atoms with Gasteiger partial charge in [0.1, 0.15) is 5.60 Å². The molecular formula is C17H22F3NO4S2. The minimum atomic E-state index is -4.42. The highest BCUT2D eigenvalue weighted by atomic mass is 32.2. The first-order valence-corrected chi connectivity index (χ1v) is 10.6. The molecule has 1 fully saturated rings. The number of carbonyl (C=O) groups is 1. The minimum absolute atomic E-state index is 0.0120. The molecule has 2 rings (SSSR count). The van der Waals surface area contributed by atoms with Crippen LogP contribution in [0.2, 0.25) is 0 Å². The number of rotatable bonds is 4. The number of alkyl halides is 3. The first-order valence-electron chi connectivity index (χ1n) is 8.17. The number of nitrogens with zero attached hydrogens (tertiary/aromatic N) is 1.